The largest absolute Gasteiger partial charge is 0.756 e. The van der Waals surface area contributed by atoms with E-state index in [4.69, 9.17) is 9.05 Å². The number of unbranched alkanes of at least 4 members (excludes halogenated alkanes) is 48. The lowest BCUT2D eigenvalue weighted by molar-refractivity contribution is -0.870. The van der Waals surface area contributed by atoms with Crippen LogP contribution in [-0.2, 0) is 18.4 Å². The van der Waals surface area contributed by atoms with Crippen molar-refractivity contribution in [3.05, 3.63) is 60.8 Å². The number of rotatable bonds is 69. The Hall–Kier alpha value is -1.80. The van der Waals surface area contributed by atoms with Gasteiger partial charge in [-0.05, 0) is 77.0 Å². The number of phosphoric ester groups is 1. The van der Waals surface area contributed by atoms with Gasteiger partial charge in [0.05, 0.1) is 39.9 Å². The summed E-state index contributed by atoms with van der Waals surface area (Å²) in [5.74, 6) is -0.205. The fraction of sp³-hybridized carbons (Fsp3) is 0.855. The first-order valence-corrected chi connectivity index (χ1v) is 38.6. The summed E-state index contributed by atoms with van der Waals surface area (Å²) in [7, 11) is 1.25. The molecule has 0 bridgehead atoms. The number of carbonyl (C=O) groups excluding carboxylic acids is 1. The maximum Gasteiger partial charge on any atom is 0.268 e. The van der Waals surface area contributed by atoms with Gasteiger partial charge in [0, 0.05) is 6.42 Å². The molecule has 0 radical (unpaired) electrons. The van der Waals surface area contributed by atoms with Gasteiger partial charge in [-0.1, -0.05) is 344 Å². The van der Waals surface area contributed by atoms with Crippen LogP contribution < -0.4 is 10.2 Å². The standard InChI is InChI=1S/C76H145N2O6P/c1-6-8-10-12-14-16-18-20-22-24-26-28-30-31-32-33-34-35-36-37-38-39-40-41-42-43-44-45-46-47-48-50-52-54-56-58-60-62-64-66-68-70-76(80)77-74(73-84-85(81,82)83-72-71-78(3,4)5)75(79)69-67-65-63-61-59-57-55-53-51-49-29-27-25-23-21-19-17-15-13-11-9-7-2/h18,20,24,26,51,53,59,61,67,69,74-75,79H,6-17,19,21-23,25,27-50,52,54-58,60,62-66,68,70-73H2,1-5H3,(H-,77,80,81,82)/b20-18-,26-24-,53-51+,61-59+,69-67+. The Kier molecular flexibility index (Phi) is 65.2. The molecule has 3 unspecified atom stereocenters. The fourth-order valence-corrected chi connectivity index (χ4v) is 11.9. The second-order valence-electron chi connectivity index (χ2n) is 26.6. The van der Waals surface area contributed by atoms with Crippen molar-refractivity contribution >= 4 is 13.7 Å². The highest BCUT2D eigenvalue weighted by Gasteiger charge is 2.23. The Labute approximate surface area is 530 Å². The van der Waals surface area contributed by atoms with Crippen molar-refractivity contribution in [2.24, 2.45) is 0 Å². The zero-order valence-electron chi connectivity index (χ0n) is 57.3. The van der Waals surface area contributed by atoms with Crippen LogP contribution in [0.15, 0.2) is 60.8 Å². The number of nitrogens with zero attached hydrogens (tertiary/aromatic N) is 1. The minimum absolute atomic E-state index is 0.00824. The molecule has 500 valence electrons. The molecule has 0 aliphatic rings. The molecule has 85 heavy (non-hydrogen) atoms. The van der Waals surface area contributed by atoms with E-state index in [1.165, 1.54) is 295 Å². The van der Waals surface area contributed by atoms with Crippen LogP contribution in [0.3, 0.4) is 0 Å². The molecular weight excluding hydrogens is 1070 g/mol. The maximum atomic E-state index is 13.0. The smallest absolute Gasteiger partial charge is 0.268 e. The lowest BCUT2D eigenvalue weighted by Gasteiger charge is -2.29. The first-order chi connectivity index (χ1) is 41.5. The average molecular weight is 1210 g/mol. The summed E-state index contributed by atoms with van der Waals surface area (Å²) in [6.45, 7) is 4.65. The quantitative estimate of drug-likeness (QED) is 0.0272. The van der Waals surface area contributed by atoms with E-state index < -0.39 is 26.6 Å². The molecule has 0 aliphatic heterocycles. The Morgan fingerprint density at radius 1 is 0.412 bits per heavy atom. The molecule has 8 nitrogen and oxygen atoms in total. The van der Waals surface area contributed by atoms with Crippen LogP contribution in [-0.4, -0.2) is 68.5 Å². The number of likely N-dealkylation sites (N-methyl/N-ethyl adjacent to an activating group) is 1. The van der Waals surface area contributed by atoms with Crippen LogP contribution in [0.1, 0.15) is 367 Å². The second kappa shape index (κ2) is 66.6. The first kappa shape index (κ1) is 83.2. The first-order valence-electron chi connectivity index (χ1n) is 37.2. The number of quaternary nitrogens is 1. The van der Waals surface area contributed by atoms with E-state index >= 15 is 0 Å². The Balaban J connectivity index is 3.95. The molecular formula is C76H145N2O6P. The van der Waals surface area contributed by atoms with Gasteiger partial charge in [0.15, 0.2) is 0 Å². The van der Waals surface area contributed by atoms with Gasteiger partial charge in [-0.15, -0.1) is 0 Å². The highest BCUT2D eigenvalue weighted by molar-refractivity contribution is 7.45. The van der Waals surface area contributed by atoms with Crippen molar-refractivity contribution in [1.29, 1.82) is 0 Å². The molecule has 0 saturated carbocycles. The van der Waals surface area contributed by atoms with E-state index in [-0.39, 0.29) is 12.5 Å². The van der Waals surface area contributed by atoms with Crippen molar-refractivity contribution in [2.45, 2.75) is 379 Å². The monoisotopic (exact) mass is 1210 g/mol. The summed E-state index contributed by atoms with van der Waals surface area (Å²) in [6, 6.07) is -0.911. The van der Waals surface area contributed by atoms with Gasteiger partial charge in [-0.25, -0.2) is 0 Å². The molecule has 0 heterocycles. The SMILES string of the molecule is CCCCCCC/C=C\C/C=C\CCCCCCCCCCCCCCCCCCCCCCCCCCCCCCCC(=O)NC(COP(=O)([O-])OCC[N+](C)(C)C)C(O)/C=C/CC/C=C/CC/C=C/CCCCCCCCCCCCCC. The molecule has 1 amide bonds. The molecule has 0 rings (SSSR count). The molecule has 0 saturated heterocycles. The van der Waals surface area contributed by atoms with Crippen molar-refractivity contribution in [1.82, 2.24) is 5.32 Å². The molecule has 0 aromatic carbocycles. The van der Waals surface area contributed by atoms with E-state index in [1.54, 1.807) is 6.08 Å². The molecule has 0 aromatic heterocycles. The zero-order chi connectivity index (χ0) is 61.9. The Bertz CT molecular complexity index is 1570. The third-order valence-electron chi connectivity index (χ3n) is 16.9. The van der Waals surface area contributed by atoms with Crippen LogP contribution in [0.2, 0.25) is 0 Å². The number of allylic oxidation sites excluding steroid dienone is 9. The van der Waals surface area contributed by atoms with E-state index in [9.17, 15) is 19.4 Å². The molecule has 3 atom stereocenters. The van der Waals surface area contributed by atoms with E-state index in [0.717, 1.165) is 51.4 Å². The third kappa shape index (κ3) is 69.5. The number of hydrogen-bond acceptors (Lipinski definition) is 6. The van der Waals surface area contributed by atoms with Crippen molar-refractivity contribution < 1.29 is 32.9 Å². The van der Waals surface area contributed by atoms with E-state index in [1.807, 2.05) is 27.2 Å². The van der Waals surface area contributed by atoms with Crippen molar-refractivity contribution in [2.75, 3.05) is 40.9 Å². The predicted molar refractivity (Wildman–Crippen MR) is 371 cm³/mol. The maximum absolute atomic E-state index is 13.0. The van der Waals surface area contributed by atoms with E-state index in [0.29, 0.717) is 17.4 Å². The topological polar surface area (TPSA) is 108 Å². The number of aliphatic hydroxyl groups excluding tert-OH is 1. The third-order valence-corrected chi connectivity index (χ3v) is 17.9. The predicted octanol–water partition coefficient (Wildman–Crippen LogP) is 23.3. The summed E-state index contributed by atoms with van der Waals surface area (Å²) in [5.41, 5.74) is 0. The van der Waals surface area contributed by atoms with Gasteiger partial charge in [-0.3, -0.25) is 9.36 Å². The van der Waals surface area contributed by atoms with Gasteiger partial charge >= 0.3 is 0 Å². The number of hydrogen-bond donors (Lipinski definition) is 2. The molecule has 0 spiro atoms. The van der Waals surface area contributed by atoms with Crippen LogP contribution in [0.25, 0.3) is 0 Å². The molecule has 9 heteroatoms. The lowest BCUT2D eigenvalue weighted by Crippen LogP contribution is -2.45. The number of aliphatic hydroxyl groups is 1. The number of amides is 1. The summed E-state index contributed by atoms with van der Waals surface area (Å²) in [5, 5.41) is 13.9. The molecule has 0 aliphatic carbocycles. The zero-order valence-corrected chi connectivity index (χ0v) is 58.2. The minimum atomic E-state index is -4.62. The van der Waals surface area contributed by atoms with E-state index in [2.05, 4.69) is 67.8 Å². The molecule has 0 aromatic rings. The second-order valence-corrected chi connectivity index (χ2v) is 28.0. The van der Waals surface area contributed by atoms with Crippen LogP contribution >= 0.6 is 7.82 Å². The van der Waals surface area contributed by atoms with Gasteiger partial charge in [-0.2, -0.15) is 0 Å². The summed E-state index contributed by atoms with van der Waals surface area (Å²) < 4.78 is 23.4. The fourth-order valence-electron chi connectivity index (χ4n) is 11.2. The van der Waals surface area contributed by atoms with Gasteiger partial charge in [0.1, 0.15) is 13.2 Å². The summed E-state index contributed by atoms with van der Waals surface area (Å²) >= 11 is 0. The van der Waals surface area contributed by atoms with Crippen molar-refractivity contribution in [3.63, 3.8) is 0 Å². The summed E-state index contributed by atoms with van der Waals surface area (Å²) in [4.78, 5) is 25.6. The van der Waals surface area contributed by atoms with Crippen LogP contribution in [0.4, 0.5) is 0 Å². The number of nitrogens with one attached hydrogen (secondary N) is 1. The lowest BCUT2D eigenvalue weighted by atomic mass is 10.0. The van der Waals surface area contributed by atoms with Crippen LogP contribution in [0, 0.1) is 0 Å². The highest BCUT2D eigenvalue weighted by Crippen LogP contribution is 2.38. The number of phosphoric acid groups is 1. The summed E-state index contributed by atoms with van der Waals surface area (Å²) in [6.07, 6.45) is 92.4. The Morgan fingerprint density at radius 2 is 0.694 bits per heavy atom. The minimum Gasteiger partial charge on any atom is -0.756 e. The molecule has 0 fully saturated rings. The number of carbonyl (C=O) groups is 1. The van der Waals surface area contributed by atoms with Crippen LogP contribution in [0.5, 0.6) is 0 Å². The normalized spacial score (nSPS) is 13.9. The molecule has 2 N–H and O–H groups in total. The Morgan fingerprint density at radius 3 is 1.02 bits per heavy atom. The van der Waals surface area contributed by atoms with Gasteiger partial charge < -0.3 is 28.8 Å². The van der Waals surface area contributed by atoms with Gasteiger partial charge in [0.25, 0.3) is 7.82 Å². The highest BCUT2D eigenvalue weighted by atomic mass is 31.2. The average Bonchev–Trinajstić information content (AvgIpc) is 3.48. The van der Waals surface area contributed by atoms with Gasteiger partial charge in [0.2, 0.25) is 5.91 Å². The van der Waals surface area contributed by atoms with Crippen molar-refractivity contribution in [3.8, 4) is 0 Å².